The highest BCUT2D eigenvalue weighted by atomic mass is 16.1. The van der Waals surface area contributed by atoms with Gasteiger partial charge in [-0.05, 0) is 17.5 Å². The second kappa shape index (κ2) is 2.86. The Morgan fingerprint density at radius 3 is 2.77 bits per heavy atom. The highest BCUT2D eigenvalue weighted by Gasteiger charge is 2.00. The van der Waals surface area contributed by atoms with Crippen LogP contribution < -0.4 is 5.56 Å². The van der Waals surface area contributed by atoms with Crippen LogP contribution in [0.3, 0.4) is 0 Å². The molecule has 64 valence electrons. The van der Waals surface area contributed by atoms with Crippen LogP contribution in [0.2, 0.25) is 0 Å². The number of fused-ring (bicyclic) bond motifs is 1. The van der Waals surface area contributed by atoms with Crippen LogP contribution in [0, 0.1) is 0 Å². The van der Waals surface area contributed by atoms with E-state index in [-0.39, 0.29) is 5.56 Å². The van der Waals surface area contributed by atoms with Gasteiger partial charge in [0.2, 0.25) is 0 Å². The molecule has 1 aromatic carbocycles. The number of rotatable bonds is 1. The predicted octanol–water partition coefficient (Wildman–Crippen LogP) is 1.34. The maximum atomic E-state index is 11.3. The molecule has 2 aromatic rings. The predicted molar refractivity (Wildman–Crippen MR) is 50.0 cm³/mol. The van der Waals surface area contributed by atoms with Crippen molar-refractivity contribution in [3.8, 4) is 0 Å². The molecule has 0 aliphatic heterocycles. The van der Waals surface area contributed by atoms with Crippen LogP contribution in [0.1, 0.15) is 10.4 Å². The number of pyridine rings is 1. The molecule has 0 radical (unpaired) electrons. The van der Waals surface area contributed by atoms with Crippen LogP contribution in [0.5, 0.6) is 0 Å². The van der Waals surface area contributed by atoms with E-state index in [1.54, 1.807) is 24.3 Å². The van der Waals surface area contributed by atoms with Crippen LogP contribution in [0.15, 0.2) is 35.3 Å². The highest BCUT2D eigenvalue weighted by Crippen LogP contribution is 2.12. The van der Waals surface area contributed by atoms with Crippen molar-refractivity contribution in [2.75, 3.05) is 0 Å². The van der Waals surface area contributed by atoms with Gasteiger partial charge in [0.15, 0.2) is 6.29 Å². The zero-order valence-corrected chi connectivity index (χ0v) is 6.78. The maximum absolute atomic E-state index is 11.3. The monoisotopic (exact) mass is 173 g/mol. The van der Waals surface area contributed by atoms with E-state index in [1.807, 2.05) is 0 Å². The Labute approximate surface area is 74.0 Å². The van der Waals surface area contributed by atoms with Crippen molar-refractivity contribution in [3.63, 3.8) is 0 Å². The number of aldehydes is 1. The summed E-state index contributed by atoms with van der Waals surface area (Å²) in [6.07, 6.45) is 2.29. The van der Waals surface area contributed by atoms with Gasteiger partial charge in [-0.15, -0.1) is 0 Å². The second-order valence-electron chi connectivity index (χ2n) is 2.73. The number of aromatic nitrogens is 1. The Kier molecular flexibility index (Phi) is 1.70. The molecule has 1 N–H and O–H groups in total. The van der Waals surface area contributed by atoms with E-state index in [0.717, 1.165) is 6.29 Å². The lowest BCUT2D eigenvalue weighted by Gasteiger charge is -1.97. The van der Waals surface area contributed by atoms with Gasteiger partial charge in [0.1, 0.15) is 0 Å². The lowest BCUT2D eigenvalue weighted by molar-refractivity contribution is 0.112. The molecule has 0 saturated carbocycles. The molecule has 0 atom stereocenters. The largest absolute Gasteiger partial charge is 0.329 e. The fourth-order valence-corrected chi connectivity index (χ4v) is 1.35. The molecule has 0 aliphatic carbocycles. The van der Waals surface area contributed by atoms with Gasteiger partial charge in [0.05, 0.1) is 0 Å². The Morgan fingerprint density at radius 1 is 1.15 bits per heavy atom. The highest BCUT2D eigenvalue weighted by molar-refractivity contribution is 5.97. The fraction of sp³-hybridized carbons (Fsp3) is 0. The average molecular weight is 173 g/mol. The summed E-state index contributed by atoms with van der Waals surface area (Å²) in [7, 11) is 0. The van der Waals surface area contributed by atoms with E-state index in [9.17, 15) is 9.59 Å². The summed E-state index contributed by atoms with van der Waals surface area (Å²) >= 11 is 0. The minimum Gasteiger partial charge on any atom is -0.329 e. The SMILES string of the molecule is O=Cc1cccc2c(=O)[nH]ccc12. The minimum absolute atomic E-state index is 0.166. The molecule has 3 nitrogen and oxygen atoms in total. The van der Waals surface area contributed by atoms with Crippen LogP contribution in [0.25, 0.3) is 10.8 Å². The molecule has 0 unspecified atom stereocenters. The van der Waals surface area contributed by atoms with Gasteiger partial charge in [-0.1, -0.05) is 12.1 Å². The summed E-state index contributed by atoms with van der Waals surface area (Å²) in [4.78, 5) is 24.4. The third kappa shape index (κ3) is 1.14. The number of nitrogens with one attached hydrogen (secondary N) is 1. The number of aromatic amines is 1. The van der Waals surface area contributed by atoms with Crippen molar-refractivity contribution in [1.82, 2.24) is 4.98 Å². The van der Waals surface area contributed by atoms with Gasteiger partial charge in [0, 0.05) is 17.1 Å². The van der Waals surface area contributed by atoms with E-state index >= 15 is 0 Å². The number of carbonyl (C=O) groups is 1. The molecule has 0 aliphatic rings. The third-order valence-electron chi connectivity index (χ3n) is 1.98. The number of carbonyl (C=O) groups excluding carboxylic acids is 1. The summed E-state index contributed by atoms with van der Waals surface area (Å²) < 4.78 is 0. The lowest BCUT2D eigenvalue weighted by Crippen LogP contribution is -2.04. The Hall–Kier alpha value is -1.90. The first-order valence-corrected chi connectivity index (χ1v) is 3.88. The van der Waals surface area contributed by atoms with Crippen LogP contribution >= 0.6 is 0 Å². The molecule has 0 fully saturated rings. The maximum Gasteiger partial charge on any atom is 0.255 e. The number of hydrogen-bond donors (Lipinski definition) is 1. The van der Waals surface area contributed by atoms with Crippen molar-refractivity contribution in [2.45, 2.75) is 0 Å². The van der Waals surface area contributed by atoms with Crippen molar-refractivity contribution in [3.05, 3.63) is 46.4 Å². The molecule has 1 heterocycles. The lowest BCUT2D eigenvalue weighted by atomic mass is 10.1. The first-order valence-electron chi connectivity index (χ1n) is 3.88. The molecular formula is C10H7NO2. The minimum atomic E-state index is -0.166. The number of hydrogen-bond acceptors (Lipinski definition) is 2. The van der Waals surface area contributed by atoms with Gasteiger partial charge < -0.3 is 4.98 Å². The zero-order chi connectivity index (χ0) is 9.26. The summed E-state index contributed by atoms with van der Waals surface area (Å²) in [5.41, 5.74) is 0.379. The molecule has 3 heteroatoms. The standard InChI is InChI=1S/C10H7NO2/c12-6-7-2-1-3-9-8(7)4-5-11-10(9)13/h1-6H,(H,11,13). The van der Waals surface area contributed by atoms with E-state index in [0.29, 0.717) is 16.3 Å². The van der Waals surface area contributed by atoms with Crippen LogP contribution in [-0.4, -0.2) is 11.3 Å². The van der Waals surface area contributed by atoms with Gasteiger partial charge in [-0.25, -0.2) is 0 Å². The average Bonchev–Trinajstić information content (AvgIpc) is 2.18. The van der Waals surface area contributed by atoms with E-state index in [4.69, 9.17) is 0 Å². The Bertz CT molecular complexity index is 514. The normalized spacial score (nSPS) is 10.2. The third-order valence-corrected chi connectivity index (χ3v) is 1.98. The smallest absolute Gasteiger partial charge is 0.255 e. The van der Waals surface area contributed by atoms with E-state index in [1.165, 1.54) is 6.20 Å². The second-order valence-corrected chi connectivity index (χ2v) is 2.73. The van der Waals surface area contributed by atoms with Crippen molar-refractivity contribution < 1.29 is 4.79 Å². The molecule has 0 saturated heterocycles. The summed E-state index contributed by atoms with van der Waals surface area (Å²) in [5.74, 6) is 0. The summed E-state index contributed by atoms with van der Waals surface area (Å²) in [6, 6.07) is 6.80. The van der Waals surface area contributed by atoms with Crippen molar-refractivity contribution >= 4 is 17.1 Å². The number of H-pyrrole nitrogens is 1. The van der Waals surface area contributed by atoms with Crippen LogP contribution in [0.4, 0.5) is 0 Å². The van der Waals surface area contributed by atoms with Crippen molar-refractivity contribution in [2.24, 2.45) is 0 Å². The molecule has 0 spiro atoms. The molecule has 0 amide bonds. The molecule has 1 aromatic heterocycles. The molecule has 13 heavy (non-hydrogen) atoms. The van der Waals surface area contributed by atoms with E-state index < -0.39 is 0 Å². The Morgan fingerprint density at radius 2 is 2.00 bits per heavy atom. The summed E-state index contributed by atoms with van der Waals surface area (Å²) in [5, 5.41) is 1.24. The van der Waals surface area contributed by atoms with Gasteiger partial charge in [0.25, 0.3) is 5.56 Å². The van der Waals surface area contributed by atoms with Gasteiger partial charge in [-0.3, -0.25) is 9.59 Å². The van der Waals surface area contributed by atoms with Gasteiger partial charge >= 0.3 is 0 Å². The topological polar surface area (TPSA) is 49.9 Å². The first-order chi connectivity index (χ1) is 6.33. The van der Waals surface area contributed by atoms with Gasteiger partial charge in [-0.2, -0.15) is 0 Å². The fourth-order valence-electron chi connectivity index (χ4n) is 1.35. The first kappa shape index (κ1) is 7.73. The van der Waals surface area contributed by atoms with E-state index in [2.05, 4.69) is 4.98 Å². The molecular weight excluding hydrogens is 166 g/mol. The Balaban J connectivity index is 3.00. The molecule has 0 bridgehead atoms. The quantitative estimate of drug-likeness (QED) is 0.661. The molecule has 2 rings (SSSR count). The van der Waals surface area contributed by atoms with Crippen LogP contribution in [-0.2, 0) is 0 Å². The summed E-state index contributed by atoms with van der Waals surface area (Å²) in [6.45, 7) is 0. The zero-order valence-electron chi connectivity index (χ0n) is 6.78. The number of benzene rings is 1. The van der Waals surface area contributed by atoms with Crippen molar-refractivity contribution in [1.29, 1.82) is 0 Å².